The van der Waals surface area contributed by atoms with Gasteiger partial charge in [-0.2, -0.15) is 10.4 Å². The van der Waals surface area contributed by atoms with Crippen molar-refractivity contribution < 1.29 is 9.53 Å². The summed E-state index contributed by atoms with van der Waals surface area (Å²) in [5.74, 6) is 1.63. The molecule has 2 aromatic carbocycles. The Kier molecular flexibility index (Phi) is 6.09. The summed E-state index contributed by atoms with van der Waals surface area (Å²) in [7, 11) is 0. The maximum atomic E-state index is 12.4. The van der Waals surface area contributed by atoms with Crippen molar-refractivity contribution in [2.24, 2.45) is 0 Å². The van der Waals surface area contributed by atoms with Crippen molar-refractivity contribution in [3.8, 4) is 28.8 Å². The van der Waals surface area contributed by atoms with Gasteiger partial charge in [0.15, 0.2) is 5.65 Å². The summed E-state index contributed by atoms with van der Waals surface area (Å²) < 4.78 is 7.76. The standard InChI is InChI=1S/C26H23N7O2/c27-14-4-9-22(34)32-15-5-6-19(16-32)33-26-23(25(28)29-17-30-26)24(31-33)18-10-12-21(13-11-18)35-20-7-2-1-3-8-20/h1-4,7-13,17,19H,5-6,15-16H2,(H2,28,29,30)/b9-4+/t19-/m1/s1. The molecule has 5 rings (SSSR count). The molecule has 0 aliphatic carbocycles. The number of nitriles is 1. The first kappa shape index (κ1) is 22.1. The Morgan fingerprint density at radius 3 is 2.66 bits per heavy atom. The van der Waals surface area contributed by atoms with Crippen LogP contribution < -0.4 is 10.5 Å². The van der Waals surface area contributed by atoms with Crippen molar-refractivity contribution in [2.45, 2.75) is 18.9 Å². The van der Waals surface area contributed by atoms with E-state index in [1.54, 1.807) is 4.90 Å². The molecule has 1 amide bonds. The summed E-state index contributed by atoms with van der Waals surface area (Å²) in [5.41, 5.74) is 8.43. The number of likely N-dealkylation sites (tertiary alicyclic amines) is 1. The number of hydrogen-bond acceptors (Lipinski definition) is 7. The fourth-order valence-electron chi connectivity index (χ4n) is 4.33. The van der Waals surface area contributed by atoms with Gasteiger partial charge in [0, 0.05) is 30.8 Å². The van der Waals surface area contributed by atoms with Crippen LogP contribution in [-0.2, 0) is 4.79 Å². The van der Waals surface area contributed by atoms with Crippen LogP contribution in [0.1, 0.15) is 18.9 Å². The molecule has 35 heavy (non-hydrogen) atoms. The zero-order valence-corrected chi connectivity index (χ0v) is 18.9. The number of aromatic nitrogens is 4. The van der Waals surface area contributed by atoms with Crippen LogP contribution in [0, 0.1) is 11.3 Å². The zero-order valence-electron chi connectivity index (χ0n) is 18.9. The minimum atomic E-state index is -0.184. The van der Waals surface area contributed by atoms with Crippen molar-refractivity contribution in [1.82, 2.24) is 24.6 Å². The Bertz CT molecular complexity index is 1420. The molecule has 1 aliphatic heterocycles. The van der Waals surface area contributed by atoms with Crippen LogP contribution in [0.4, 0.5) is 5.82 Å². The summed E-state index contributed by atoms with van der Waals surface area (Å²) in [6, 6.07) is 19.0. The lowest BCUT2D eigenvalue weighted by atomic mass is 10.1. The number of carbonyl (C=O) groups is 1. The quantitative estimate of drug-likeness (QED) is 0.347. The van der Waals surface area contributed by atoms with E-state index in [0.29, 0.717) is 41.4 Å². The third-order valence-electron chi connectivity index (χ3n) is 5.98. The van der Waals surface area contributed by atoms with E-state index in [2.05, 4.69) is 9.97 Å². The average Bonchev–Trinajstić information content (AvgIpc) is 3.29. The number of allylic oxidation sites excluding steroid dienone is 1. The second-order valence-corrected chi connectivity index (χ2v) is 8.23. The van der Waals surface area contributed by atoms with Gasteiger partial charge in [0.05, 0.1) is 17.5 Å². The number of piperidine rings is 1. The van der Waals surface area contributed by atoms with Gasteiger partial charge in [0.25, 0.3) is 0 Å². The topological polar surface area (TPSA) is 123 Å². The highest BCUT2D eigenvalue weighted by molar-refractivity contribution is 5.98. The monoisotopic (exact) mass is 465 g/mol. The molecule has 4 aromatic rings. The molecule has 2 N–H and O–H groups in total. The van der Waals surface area contributed by atoms with E-state index in [4.69, 9.17) is 20.8 Å². The number of benzene rings is 2. The summed E-state index contributed by atoms with van der Waals surface area (Å²) in [6.07, 6.45) is 5.59. The predicted octanol–water partition coefficient (Wildman–Crippen LogP) is 4.11. The maximum Gasteiger partial charge on any atom is 0.247 e. The normalized spacial score (nSPS) is 15.9. The molecule has 0 saturated carbocycles. The Labute approximate surface area is 202 Å². The van der Waals surface area contributed by atoms with Crippen LogP contribution in [0.2, 0.25) is 0 Å². The highest BCUT2D eigenvalue weighted by Gasteiger charge is 2.28. The second-order valence-electron chi connectivity index (χ2n) is 8.23. The van der Waals surface area contributed by atoms with Crippen molar-refractivity contribution in [2.75, 3.05) is 18.8 Å². The lowest BCUT2D eigenvalue weighted by Crippen LogP contribution is -2.40. The number of fused-ring (bicyclic) bond motifs is 1. The van der Waals surface area contributed by atoms with Gasteiger partial charge in [0.2, 0.25) is 5.91 Å². The molecule has 1 aliphatic rings. The van der Waals surface area contributed by atoms with Gasteiger partial charge in [-0.1, -0.05) is 18.2 Å². The summed E-state index contributed by atoms with van der Waals surface area (Å²) in [5, 5.41) is 14.3. The molecule has 1 atom stereocenters. The highest BCUT2D eigenvalue weighted by atomic mass is 16.5. The number of amides is 1. The number of ether oxygens (including phenoxy) is 1. The predicted molar refractivity (Wildman–Crippen MR) is 131 cm³/mol. The van der Waals surface area contributed by atoms with Gasteiger partial charge in [-0.15, -0.1) is 0 Å². The maximum absolute atomic E-state index is 12.4. The molecule has 0 unspecified atom stereocenters. The molecule has 0 spiro atoms. The molecular weight excluding hydrogens is 442 g/mol. The van der Waals surface area contributed by atoms with Crippen LogP contribution in [0.3, 0.4) is 0 Å². The fourth-order valence-corrected chi connectivity index (χ4v) is 4.33. The molecule has 1 fully saturated rings. The molecule has 2 aromatic heterocycles. The molecule has 3 heterocycles. The van der Waals surface area contributed by atoms with Crippen molar-refractivity contribution in [1.29, 1.82) is 5.26 Å². The number of nitrogen functional groups attached to an aromatic ring is 1. The van der Waals surface area contributed by atoms with Gasteiger partial charge >= 0.3 is 0 Å². The summed E-state index contributed by atoms with van der Waals surface area (Å²) in [4.78, 5) is 22.8. The van der Waals surface area contributed by atoms with Crippen LogP contribution in [0.5, 0.6) is 11.5 Å². The van der Waals surface area contributed by atoms with Crippen LogP contribution in [0.15, 0.2) is 73.1 Å². The van der Waals surface area contributed by atoms with Gasteiger partial charge in [-0.05, 0) is 49.2 Å². The van der Waals surface area contributed by atoms with E-state index in [1.165, 1.54) is 18.5 Å². The third-order valence-corrected chi connectivity index (χ3v) is 5.98. The molecule has 0 bridgehead atoms. The average molecular weight is 466 g/mol. The third kappa shape index (κ3) is 4.54. The first-order valence-electron chi connectivity index (χ1n) is 11.3. The van der Waals surface area contributed by atoms with E-state index in [1.807, 2.05) is 65.3 Å². The van der Waals surface area contributed by atoms with E-state index >= 15 is 0 Å². The Morgan fingerprint density at radius 2 is 1.89 bits per heavy atom. The first-order valence-corrected chi connectivity index (χ1v) is 11.3. The Morgan fingerprint density at radius 1 is 1.11 bits per heavy atom. The Hall–Kier alpha value is -4.71. The molecule has 0 radical (unpaired) electrons. The number of nitrogens with two attached hydrogens (primary N) is 1. The van der Waals surface area contributed by atoms with E-state index < -0.39 is 0 Å². The summed E-state index contributed by atoms with van der Waals surface area (Å²) in [6.45, 7) is 1.11. The fraction of sp³-hybridized carbons (Fsp3) is 0.192. The number of para-hydroxylation sites is 1. The van der Waals surface area contributed by atoms with Crippen LogP contribution >= 0.6 is 0 Å². The van der Waals surface area contributed by atoms with Gasteiger partial charge in [-0.3, -0.25) is 4.79 Å². The molecule has 174 valence electrons. The van der Waals surface area contributed by atoms with Crippen LogP contribution in [0.25, 0.3) is 22.3 Å². The zero-order chi connectivity index (χ0) is 24.2. The van der Waals surface area contributed by atoms with Gasteiger partial charge < -0.3 is 15.4 Å². The minimum Gasteiger partial charge on any atom is -0.457 e. The number of hydrogen-bond donors (Lipinski definition) is 1. The highest BCUT2D eigenvalue weighted by Crippen LogP contribution is 2.34. The van der Waals surface area contributed by atoms with Crippen molar-refractivity contribution >= 4 is 22.8 Å². The lowest BCUT2D eigenvalue weighted by Gasteiger charge is -2.32. The van der Waals surface area contributed by atoms with E-state index in [9.17, 15) is 4.79 Å². The molecule has 9 nitrogen and oxygen atoms in total. The van der Waals surface area contributed by atoms with Gasteiger partial charge in [-0.25, -0.2) is 14.6 Å². The molecule has 1 saturated heterocycles. The van der Waals surface area contributed by atoms with Crippen LogP contribution in [-0.4, -0.2) is 43.6 Å². The number of nitrogens with zero attached hydrogens (tertiary/aromatic N) is 6. The minimum absolute atomic E-state index is 0.0746. The second kappa shape index (κ2) is 9.65. The van der Waals surface area contributed by atoms with Crippen molar-refractivity contribution in [3.63, 3.8) is 0 Å². The van der Waals surface area contributed by atoms with E-state index in [-0.39, 0.29) is 11.9 Å². The van der Waals surface area contributed by atoms with Crippen molar-refractivity contribution in [3.05, 3.63) is 73.1 Å². The first-order chi connectivity index (χ1) is 17.1. The number of rotatable bonds is 5. The van der Waals surface area contributed by atoms with Gasteiger partial charge in [0.1, 0.15) is 29.3 Å². The SMILES string of the molecule is N#C/C=C/C(=O)N1CCC[C@@H](n2nc(-c3ccc(Oc4ccccc4)cc3)c3c(N)ncnc32)C1. The molecule has 9 heteroatoms. The smallest absolute Gasteiger partial charge is 0.247 e. The lowest BCUT2D eigenvalue weighted by molar-refractivity contribution is -0.127. The molecular formula is C26H23N7O2. The van der Waals surface area contributed by atoms with E-state index in [0.717, 1.165) is 24.2 Å². The number of anilines is 1. The summed E-state index contributed by atoms with van der Waals surface area (Å²) >= 11 is 0. The Balaban J connectivity index is 1.47. The number of carbonyl (C=O) groups excluding carboxylic acids is 1. The largest absolute Gasteiger partial charge is 0.457 e.